The number of non-ortho nitro benzene ring substituents is 1. The number of aromatic nitrogens is 4. The van der Waals surface area contributed by atoms with Crippen molar-refractivity contribution < 1.29 is 13.3 Å². The molecule has 2 N–H and O–H groups in total. The molecule has 28 heavy (non-hydrogen) atoms. The zero-order valence-electron chi connectivity index (χ0n) is 14.5. The Balaban J connectivity index is 1.75. The molecule has 3 heterocycles. The number of aryl methyl sites for hydroxylation is 1. The molecule has 4 aromatic rings. The molecule has 1 aromatic carbocycles. The molecule has 0 saturated carbocycles. The van der Waals surface area contributed by atoms with Gasteiger partial charge in [0, 0.05) is 36.0 Å². The van der Waals surface area contributed by atoms with Gasteiger partial charge < -0.3 is 4.98 Å². The number of hydrogen-bond donors (Lipinski definition) is 2. The van der Waals surface area contributed by atoms with E-state index >= 15 is 0 Å². The normalized spacial score (nSPS) is 11.6. The van der Waals surface area contributed by atoms with Crippen molar-refractivity contribution in [3.8, 4) is 5.82 Å². The molecule has 11 heteroatoms. The molecule has 0 aliphatic carbocycles. The molecule has 0 saturated heterocycles. The summed E-state index contributed by atoms with van der Waals surface area (Å²) in [5.74, 6) is 0.690. The Morgan fingerprint density at radius 3 is 2.75 bits per heavy atom. The molecule has 0 bridgehead atoms. The molecule has 0 fully saturated rings. The second kappa shape index (κ2) is 6.46. The first kappa shape index (κ1) is 17.7. The molecular formula is C17H14N6O4S. The Labute approximate surface area is 159 Å². The van der Waals surface area contributed by atoms with Gasteiger partial charge in [-0.2, -0.15) is 9.78 Å². The third-order valence-corrected chi connectivity index (χ3v) is 5.46. The first-order chi connectivity index (χ1) is 13.3. The van der Waals surface area contributed by atoms with Crippen LogP contribution >= 0.6 is 0 Å². The van der Waals surface area contributed by atoms with Gasteiger partial charge in [-0.05, 0) is 25.1 Å². The van der Waals surface area contributed by atoms with Gasteiger partial charge in [0.25, 0.3) is 15.7 Å². The minimum absolute atomic E-state index is 0.0242. The van der Waals surface area contributed by atoms with Crippen molar-refractivity contribution in [1.82, 2.24) is 19.7 Å². The van der Waals surface area contributed by atoms with Crippen molar-refractivity contribution in [2.24, 2.45) is 0 Å². The van der Waals surface area contributed by atoms with E-state index in [-0.39, 0.29) is 16.4 Å². The minimum Gasteiger partial charge on any atom is -0.360 e. The molecule has 0 spiro atoms. The lowest BCUT2D eigenvalue weighted by Gasteiger charge is -2.09. The van der Waals surface area contributed by atoms with Crippen LogP contribution in [-0.2, 0) is 10.0 Å². The summed E-state index contributed by atoms with van der Waals surface area (Å²) in [7, 11) is -3.99. The van der Waals surface area contributed by atoms with Gasteiger partial charge in [-0.15, -0.1) is 0 Å². The largest absolute Gasteiger partial charge is 0.360 e. The van der Waals surface area contributed by atoms with Crippen molar-refractivity contribution in [3.63, 3.8) is 0 Å². The molecule has 142 valence electrons. The SMILES string of the molecule is Cc1cc(NS(=O)(=O)c2c[nH]c3cc([N+](=O)[O-])ccc23)n(-c2ccccn2)n1. The van der Waals surface area contributed by atoms with Gasteiger partial charge in [0.2, 0.25) is 0 Å². The minimum atomic E-state index is -3.99. The van der Waals surface area contributed by atoms with Crippen molar-refractivity contribution in [2.45, 2.75) is 11.8 Å². The molecule has 10 nitrogen and oxygen atoms in total. The number of fused-ring (bicyclic) bond motifs is 1. The maximum absolute atomic E-state index is 13.0. The number of sulfonamides is 1. The first-order valence-corrected chi connectivity index (χ1v) is 9.60. The van der Waals surface area contributed by atoms with Gasteiger partial charge in [-0.3, -0.25) is 14.8 Å². The Morgan fingerprint density at radius 2 is 2.04 bits per heavy atom. The summed E-state index contributed by atoms with van der Waals surface area (Å²) in [6.45, 7) is 1.74. The van der Waals surface area contributed by atoms with Crippen molar-refractivity contribution in [3.05, 3.63) is 70.7 Å². The smallest absolute Gasteiger partial charge is 0.271 e. The second-order valence-corrected chi connectivity index (χ2v) is 7.67. The second-order valence-electron chi connectivity index (χ2n) is 6.02. The number of hydrogen-bond acceptors (Lipinski definition) is 6. The van der Waals surface area contributed by atoms with E-state index in [4.69, 9.17) is 0 Å². The van der Waals surface area contributed by atoms with Crippen LogP contribution in [0.25, 0.3) is 16.7 Å². The van der Waals surface area contributed by atoms with Crippen LogP contribution in [0.3, 0.4) is 0 Å². The fourth-order valence-electron chi connectivity index (χ4n) is 2.84. The number of anilines is 1. The number of benzene rings is 1. The first-order valence-electron chi connectivity index (χ1n) is 8.11. The highest BCUT2D eigenvalue weighted by molar-refractivity contribution is 7.93. The van der Waals surface area contributed by atoms with Crippen molar-refractivity contribution >= 4 is 32.4 Å². The van der Waals surface area contributed by atoms with Gasteiger partial charge in [-0.1, -0.05) is 6.07 Å². The Hall–Kier alpha value is -3.73. The standard InChI is InChI=1S/C17H14N6O4S/c1-11-8-17(22(20-11)16-4-2-3-7-18-16)21-28(26,27)15-10-19-14-9-12(23(24)25)5-6-13(14)15/h2-10,19,21H,1H3. The molecule has 0 radical (unpaired) electrons. The molecule has 0 atom stereocenters. The topological polar surface area (TPSA) is 136 Å². The lowest BCUT2D eigenvalue weighted by molar-refractivity contribution is -0.384. The highest BCUT2D eigenvalue weighted by Crippen LogP contribution is 2.28. The van der Waals surface area contributed by atoms with Gasteiger partial charge >= 0.3 is 0 Å². The van der Waals surface area contributed by atoms with E-state index in [1.165, 1.54) is 29.1 Å². The molecule has 0 unspecified atom stereocenters. The van der Waals surface area contributed by atoms with Crippen LogP contribution in [0.1, 0.15) is 5.69 Å². The summed E-state index contributed by atoms with van der Waals surface area (Å²) in [6.07, 6.45) is 2.88. The Morgan fingerprint density at radius 1 is 1.21 bits per heavy atom. The quantitative estimate of drug-likeness (QED) is 0.392. The maximum atomic E-state index is 13.0. The summed E-state index contributed by atoms with van der Waals surface area (Å²) in [5, 5.41) is 15.5. The van der Waals surface area contributed by atoms with Crippen molar-refractivity contribution in [1.29, 1.82) is 0 Å². The summed E-state index contributed by atoms with van der Waals surface area (Å²) in [6, 6.07) is 10.8. The predicted molar refractivity (Wildman–Crippen MR) is 102 cm³/mol. The summed E-state index contributed by atoms with van der Waals surface area (Å²) < 4.78 is 29.8. The van der Waals surface area contributed by atoms with E-state index in [9.17, 15) is 18.5 Å². The number of nitrogens with zero attached hydrogens (tertiary/aromatic N) is 4. The number of H-pyrrole nitrogens is 1. The highest BCUT2D eigenvalue weighted by atomic mass is 32.2. The fraction of sp³-hybridized carbons (Fsp3) is 0.0588. The number of aromatic amines is 1. The van der Waals surface area contributed by atoms with Crippen LogP contribution in [-0.4, -0.2) is 33.1 Å². The molecule has 4 rings (SSSR count). The third kappa shape index (κ3) is 3.07. The Bertz CT molecular complexity index is 1290. The van der Waals surface area contributed by atoms with Crippen LogP contribution in [0.15, 0.2) is 59.8 Å². The lowest BCUT2D eigenvalue weighted by Crippen LogP contribution is -2.16. The maximum Gasteiger partial charge on any atom is 0.271 e. The van der Waals surface area contributed by atoms with Gasteiger partial charge in [0.1, 0.15) is 10.7 Å². The van der Waals surface area contributed by atoms with Crippen LogP contribution in [0.2, 0.25) is 0 Å². The van der Waals surface area contributed by atoms with Gasteiger partial charge in [0.15, 0.2) is 5.82 Å². The number of pyridine rings is 1. The van der Waals surface area contributed by atoms with Crippen LogP contribution < -0.4 is 4.72 Å². The average Bonchev–Trinajstić information content (AvgIpc) is 3.25. The van der Waals surface area contributed by atoms with E-state index in [1.807, 2.05) is 0 Å². The average molecular weight is 398 g/mol. The van der Waals surface area contributed by atoms with Crippen LogP contribution in [0.4, 0.5) is 11.5 Å². The highest BCUT2D eigenvalue weighted by Gasteiger charge is 2.23. The van der Waals surface area contributed by atoms with E-state index in [1.54, 1.807) is 37.4 Å². The summed E-state index contributed by atoms with van der Waals surface area (Å²) >= 11 is 0. The number of nitro benzene ring substituents is 1. The van der Waals surface area contributed by atoms with Crippen LogP contribution in [0.5, 0.6) is 0 Å². The zero-order valence-corrected chi connectivity index (χ0v) is 15.3. The summed E-state index contributed by atoms with van der Waals surface area (Å²) in [4.78, 5) is 17.3. The zero-order chi connectivity index (χ0) is 19.9. The number of nitro groups is 1. The van der Waals surface area contributed by atoms with Crippen molar-refractivity contribution in [2.75, 3.05) is 4.72 Å². The summed E-state index contributed by atoms with van der Waals surface area (Å²) in [5.41, 5.74) is 0.831. The number of nitrogens with one attached hydrogen (secondary N) is 2. The molecule has 0 aliphatic heterocycles. The monoisotopic (exact) mass is 398 g/mol. The molecule has 0 amide bonds. The van der Waals surface area contributed by atoms with E-state index in [2.05, 4.69) is 19.8 Å². The molecular weight excluding hydrogens is 384 g/mol. The Kier molecular flexibility index (Phi) is 4.08. The molecule has 3 aromatic heterocycles. The molecule has 0 aliphatic rings. The van der Waals surface area contributed by atoms with E-state index < -0.39 is 14.9 Å². The fourth-order valence-corrected chi connectivity index (χ4v) is 4.05. The third-order valence-electron chi connectivity index (χ3n) is 4.06. The van der Waals surface area contributed by atoms with Gasteiger partial charge in [-0.25, -0.2) is 13.4 Å². The predicted octanol–water partition coefficient (Wildman–Crippen LogP) is 2.77. The lowest BCUT2D eigenvalue weighted by atomic mass is 10.2. The number of rotatable bonds is 5. The van der Waals surface area contributed by atoms with E-state index in [0.29, 0.717) is 22.4 Å². The van der Waals surface area contributed by atoms with E-state index in [0.717, 1.165) is 0 Å². The van der Waals surface area contributed by atoms with Gasteiger partial charge in [0.05, 0.1) is 16.1 Å². The van der Waals surface area contributed by atoms with Crippen LogP contribution in [0, 0.1) is 17.0 Å².